The average Bonchev–Trinajstić information content (AvgIpc) is 3.16. The average molecular weight is 478 g/mol. The van der Waals surface area contributed by atoms with Gasteiger partial charge in [-0.05, 0) is 98.0 Å². The van der Waals surface area contributed by atoms with Crippen LogP contribution in [0, 0.1) is 29.1 Å². The first-order valence-electron chi connectivity index (χ1n) is 13.5. The van der Waals surface area contributed by atoms with Gasteiger partial charge in [-0.3, -0.25) is 0 Å². The number of allylic oxidation sites excluding steroid dienone is 3. The van der Waals surface area contributed by atoms with Crippen LogP contribution in [0.3, 0.4) is 0 Å². The van der Waals surface area contributed by atoms with E-state index in [1.807, 2.05) is 0 Å². The zero-order chi connectivity index (χ0) is 24.7. The van der Waals surface area contributed by atoms with Crippen molar-refractivity contribution in [3.63, 3.8) is 0 Å². The van der Waals surface area contributed by atoms with Gasteiger partial charge in [0.05, 0.1) is 6.10 Å². The van der Waals surface area contributed by atoms with E-state index >= 15 is 0 Å². The second-order valence-corrected chi connectivity index (χ2v) is 12.2. The Labute approximate surface area is 205 Å². The Morgan fingerprint density at radius 3 is 2.50 bits per heavy atom. The number of halogens is 2. The van der Waals surface area contributed by atoms with E-state index in [2.05, 4.69) is 44.4 Å². The van der Waals surface area contributed by atoms with Crippen molar-refractivity contribution in [3.8, 4) is 0 Å². The third-order valence-electron chi connectivity index (χ3n) is 10.1. The molecule has 3 saturated carbocycles. The van der Waals surface area contributed by atoms with E-state index in [0.29, 0.717) is 36.3 Å². The van der Waals surface area contributed by atoms with E-state index in [1.54, 1.807) is 5.57 Å². The summed E-state index contributed by atoms with van der Waals surface area (Å²) in [5.41, 5.74) is 2.17. The predicted molar refractivity (Wildman–Crippen MR) is 134 cm³/mol. The maximum Gasteiger partial charge on any atom is 0.266 e. The highest BCUT2D eigenvalue weighted by Crippen LogP contribution is 2.59. The van der Waals surface area contributed by atoms with Crippen LogP contribution in [-0.4, -0.2) is 52.9 Å². The summed E-state index contributed by atoms with van der Waals surface area (Å²) in [5.74, 6) is 2.05. The first-order valence-corrected chi connectivity index (χ1v) is 13.5. The van der Waals surface area contributed by atoms with Gasteiger partial charge in [0, 0.05) is 19.6 Å². The number of fused-ring (bicyclic) bond motifs is 1. The van der Waals surface area contributed by atoms with Gasteiger partial charge in [0.1, 0.15) is 5.60 Å². The second-order valence-electron chi connectivity index (χ2n) is 12.2. The standard InChI is InChI=1S/C29H45F2NO2/c1-19-7-8-22(21(3)26(19)33)9-10-23-6-5-13-28(4)24(11-12-25(23)28)20(2)18-32-16-14-29(34,15-17-32)27(30)31/h9-10,19-20,24-27,33-34H,3,5-8,11-18H2,1-2,4H3/b22-9-,23-10+/t19?,20-,24?,25?,26+,28?/m1/s1. The molecule has 192 valence electrons. The number of hydrogen-bond donors (Lipinski definition) is 2. The fraction of sp³-hybridized carbons (Fsp3) is 0.793. The van der Waals surface area contributed by atoms with E-state index in [0.717, 1.165) is 31.4 Å². The summed E-state index contributed by atoms with van der Waals surface area (Å²) < 4.78 is 26.3. The molecule has 34 heavy (non-hydrogen) atoms. The van der Waals surface area contributed by atoms with Crippen molar-refractivity contribution < 1.29 is 19.0 Å². The van der Waals surface area contributed by atoms with Crippen LogP contribution >= 0.6 is 0 Å². The quantitative estimate of drug-likeness (QED) is 0.501. The highest BCUT2D eigenvalue weighted by molar-refractivity contribution is 5.38. The largest absolute Gasteiger partial charge is 0.388 e. The van der Waals surface area contributed by atoms with Crippen molar-refractivity contribution in [2.24, 2.45) is 29.1 Å². The van der Waals surface area contributed by atoms with Crippen LogP contribution < -0.4 is 0 Å². The molecule has 0 spiro atoms. The molecule has 4 fully saturated rings. The molecule has 1 saturated heterocycles. The lowest BCUT2D eigenvalue weighted by Crippen LogP contribution is -2.50. The van der Waals surface area contributed by atoms with Gasteiger partial charge in [-0.1, -0.05) is 45.1 Å². The minimum absolute atomic E-state index is 0.169. The van der Waals surface area contributed by atoms with Crippen LogP contribution in [0.25, 0.3) is 0 Å². The van der Waals surface area contributed by atoms with Gasteiger partial charge in [0.2, 0.25) is 0 Å². The number of hydrogen-bond acceptors (Lipinski definition) is 3. The molecule has 0 amide bonds. The summed E-state index contributed by atoms with van der Waals surface area (Å²) in [6.45, 7) is 13.2. The number of likely N-dealkylation sites (tertiary alicyclic amines) is 1. The smallest absolute Gasteiger partial charge is 0.266 e. The van der Waals surface area contributed by atoms with Crippen LogP contribution in [0.4, 0.5) is 8.78 Å². The summed E-state index contributed by atoms with van der Waals surface area (Å²) in [6.07, 6.45) is 9.98. The van der Waals surface area contributed by atoms with Crippen molar-refractivity contribution in [1.82, 2.24) is 4.90 Å². The van der Waals surface area contributed by atoms with Gasteiger partial charge in [-0.25, -0.2) is 8.78 Å². The Morgan fingerprint density at radius 1 is 1.12 bits per heavy atom. The van der Waals surface area contributed by atoms with Gasteiger partial charge in [0.25, 0.3) is 6.43 Å². The molecule has 0 aromatic heterocycles. The van der Waals surface area contributed by atoms with Crippen LogP contribution in [0.15, 0.2) is 35.5 Å². The number of piperidine rings is 1. The van der Waals surface area contributed by atoms with E-state index in [9.17, 15) is 19.0 Å². The van der Waals surface area contributed by atoms with Crippen LogP contribution in [0.5, 0.6) is 0 Å². The zero-order valence-corrected chi connectivity index (χ0v) is 21.4. The molecule has 0 bridgehead atoms. The molecule has 4 rings (SSSR count). The molecule has 4 unspecified atom stereocenters. The molecule has 0 aromatic carbocycles. The van der Waals surface area contributed by atoms with Gasteiger partial charge in [-0.2, -0.15) is 0 Å². The Kier molecular flexibility index (Phi) is 7.77. The number of alkyl halides is 2. The third kappa shape index (κ3) is 4.95. The van der Waals surface area contributed by atoms with E-state index in [-0.39, 0.29) is 18.8 Å². The lowest BCUT2D eigenvalue weighted by atomic mass is 9.61. The monoisotopic (exact) mass is 477 g/mol. The zero-order valence-electron chi connectivity index (χ0n) is 21.4. The predicted octanol–water partition coefficient (Wildman–Crippen LogP) is 6.13. The Balaban J connectivity index is 1.41. The van der Waals surface area contributed by atoms with Gasteiger partial charge in [0.15, 0.2) is 0 Å². The number of rotatable bonds is 5. The minimum atomic E-state index is -2.65. The molecule has 1 heterocycles. The number of aliphatic hydroxyl groups excluding tert-OH is 1. The number of nitrogens with zero attached hydrogens (tertiary/aromatic N) is 1. The molecule has 4 aliphatic rings. The molecule has 6 atom stereocenters. The fourth-order valence-electron chi connectivity index (χ4n) is 7.72. The molecule has 0 radical (unpaired) electrons. The SMILES string of the molecule is C=C1/C(=C\C=C2/CCCC3(C)C2CCC3[C@H](C)CN2CCC(O)(C(F)F)CC2)CCC(C)[C@@H]1O. The molecule has 0 aromatic rings. The summed E-state index contributed by atoms with van der Waals surface area (Å²) in [4.78, 5) is 2.29. The fourth-order valence-corrected chi connectivity index (χ4v) is 7.72. The van der Waals surface area contributed by atoms with Crippen molar-refractivity contribution >= 4 is 0 Å². The van der Waals surface area contributed by atoms with Crippen LogP contribution in [-0.2, 0) is 0 Å². The molecule has 5 heteroatoms. The molecule has 2 N–H and O–H groups in total. The first kappa shape index (κ1) is 26.0. The third-order valence-corrected chi connectivity index (χ3v) is 10.1. The molecule has 1 aliphatic heterocycles. The highest BCUT2D eigenvalue weighted by Gasteiger charge is 2.51. The Bertz CT molecular complexity index is 813. The van der Waals surface area contributed by atoms with E-state index in [4.69, 9.17) is 0 Å². The van der Waals surface area contributed by atoms with Crippen molar-refractivity contribution in [2.45, 2.75) is 96.7 Å². The summed E-state index contributed by atoms with van der Waals surface area (Å²) >= 11 is 0. The highest BCUT2D eigenvalue weighted by atomic mass is 19.3. The van der Waals surface area contributed by atoms with Crippen molar-refractivity contribution in [3.05, 3.63) is 35.5 Å². The van der Waals surface area contributed by atoms with Gasteiger partial charge in [-0.15, -0.1) is 0 Å². The van der Waals surface area contributed by atoms with Crippen LogP contribution in [0.2, 0.25) is 0 Å². The maximum absolute atomic E-state index is 13.2. The summed E-state index contributed by atoms with van der Waals surface area (Å²) in [6, 6.07) is 0. The summed E-state index contributed by atoms with van der Waals surface area (Å²) in [7, 11) is 0. The lowest BCUT2D eigenvalue weighted by molar-refractivity contribution is -0.128. The van der Waals surface area contributed by atoms with Gasteiger partial charge >= 0.3 is 0 Å². The van der Waals surface area contributed by atoms with Gasteiger partial charge < -0.3 is 15.1 Å². The van der Waals surface area contributed by atoms with Crippen LogP contribution in [0.1, 0.15) is 78.6 Å². The molecular weight excluding hydrogens is 432 g/mol. The normalized spacial score (nSPS) is 40.2. The van der Waals surface area contributed by atoms with Crippen molar-refractivity contribution in [1.29, 1.82) is 0 Å². The number of aliphatic hydroxyl groups is 2. The van der Waals surface area contributed by atoms with E-state index in [1.165, 1.54) is 31.3 Å². The Morgan fingerprint density at radius 2 is 1.82 bits per heavy atom. The van der Waals surface area contributed by atoms with E-state index < -0.39 is 18.1 Å². The lowest BCUT2D eigenvalue weighted by Gasteiger charge is -2.46. The maximum atomic E-state index is 13.2. The topological polar surface area (TPSA) is 43.7 Å². The minimum Gasteiger partial charge on any atom is -0.388 e. The molecule has 3 nitrogen and oxygen atoms in total. The molecular formula is C29H45F2NO2. The molecule has 3 aliphatic carbocycles. The second kappa shape index (κ2) is 10.1. The Hall–Kier alpha value is -1.04. The van der Waals surface area contributed by atoms with Crippen molar-refractivity contribution in [2.75, 3.05) is 19.6 Å². The summed E-state index contributed by atoms with van der Waals surface area (Å²) in [5, 5.41) is 20.5. The first-order chi connectivity index (χ1) is 16.0.